The van der Waals surface area contributed by atoms with Gasteiger partial charge in [-0.15, -0.1) is 11.3 Å². The number of hydrogen-bond acceptors (Lipinski definition) is 6. The van der Waals surface area contributed by atoms with E-state index in [9.17, 15) is 0 Å². The Morgan fingerprint density at radius 3 is 2.93 bits per heavy atom. The topological polar surface area (TPSA) is 67.2 Å². The zero-order valence-electron chi connectivity index (χ0n) is 16.0. The van der Waals surface area contributed by atoms with Crippen molar-refractivity contribution in [3.63, 3.8) is 0 Å². The van der Waals surface area contributed by atoms with Crippen molar-refractivity contribution >= 4 is 38.2 Å². The molecule has 4 aromatic rings. The molecule has 1 saturated heterocycles. The highest BCUT2D eigenvalue weighted by Gasteiger charge is 2.24. The predicted molar refractivity (Wildman–Crippen MR) is 117 cm³/mol. The minimum atomic E-state index is 0.550. The Balaban J connectivity index is 1.24. The molecule has 3 aromatic heterocycles. The molecule has 0 saturated carbocycles. The fourth-order valence-corrected chi connectivity index (χ4v) is 5.38. The van der Waals surface area contributed by atoms with Crippen molar-refractivity contribution in [3.8, 4) is 16.5 Å². The van der Waals surface area contributed by atoms with Crippen LogP contribution in [0.25, 0.3) is 21.6 Å². The number of likely N-dealkylation sites (tertiary alicyclic amines) is 1. The number of benzene rings is 1. The molecule has 5 rings (SSSR count). The normalized spacial score (nSPS) is 15.9. The highest BCUT2D eigenvalue weighted by Crippen LogP contribution is 2.35. The molecule has 150 valence electrons. The molecule has 0 aliphatic carbocycles. The van der Waals surface area contributed by atoms with E-state index in [1.165, 1.54) is 16.5 Å². The van der Waals surface area contributed by atoms with Crippen LogP contribution in [-0.2, 0) is 6.54 Å². The van der Waals surface area contributed by atoms with Crippen LogP contribution < -0.4 is 4.74 Å². The van der Waals surface area contributed by atoms with Gasteiger partial charge in [0.05, 0.1) is 18.5 Å². The molecular formula is C21H21BrN4O2S. The summed E-state index contributed by atoms with van der Waals surface area (Å²) in [7, 11) is 1.71. The van der Waals surface area contributed by atoms with E-state index in [0.717, 1.165) is 41.0 Å². The van der Waals surface area contributed by atoms with Gasteiger partial charge in [-0.05, 0) is 77.6 Å². The van der Waals surface area contributed by atoms with Crippen LogP contribution in [0.15, 0.2) is 44.8 Å². The van der Waals surface area contributed by atoms with Gasteiger partial charge in [0, 0.05) is 27.0 Å². The van der Waals surface area contributed by atoms with Gasteiger partial charge < -0.3 is 14.2 Å². The van der Waals surface area contributed by atoms with Gasteiger partial charge in [0.1, 0.15) is 5.75 Å². The van der Waals surface area contributed by atoms with Gasteiger partial charge >= 0.3 is 0 Å². The van der Waals surface area contributed by atoms with Crippen molar-refractivity contribution in [1.82, 2.24) is 20.0 Å². The molecule has 1 fully saturated rings. The minimum Gasteiger partial charge on any atom is -0.497 e. The minimum absolute atomic E-state index is 0.550. The number of halogens is 1. The van der Waals surface area contributed by atoms with Crippen molar-refractivity contribution in [1.29, 1.82) is 0 Å². The van der Waals surface area contributed by atoms with Crippen molar-refractivity contribution in [2.45, 2.75) is 25.3 Å². The zero-order valence-corrected chi connectivity index (χ0v) is 18.4. The van der Waals surface area contributed by atoms with E-state index in [4.69, 9.17) is 9.26 Å². The van der Waals surface area contributed by atoms with Crippen LogP contribution >= 0.6 is 27.3 Å². The second-order valence-corrected chi connectivity index (χ2v) is 9.17. The maximum Gasteiger partial charge on any atom is 0.241 e. The van der Waals surface area contributed by atoms with Gasteiger partial charge in [-0.25, -0.2) is 0 Å². The van der Waals surface area contributed by atoms with Crippen LogP contribution in [0.5, 0.6) is 5.75 Å². The second kappa shape index (κ2) is 7.93. The average Bonchev–Trinajstić information content (AvgIpc) is 3.48. The molecule has 1 aliphatic rings. The largest absolute Gasteiger partial charge is 0.497 e. The van der Waals surface area contributed by atoms with Gasteiger partial charge in [0.15, 0.2) is 0 Å². The zero-order chi connectivity index (χ0) is 19.8. The number of methoxy groups -OCH3 is 1. The Labute approximate surface area is 181 Å². The molecule has 0 atom stereocenters. The highest BCUT2D eigenvalue weighted by atomic mass is 79.9. The fraction of sp³-hybridized carbons (Fsp3) is 0.333. The summed E-state index contributed by atoms with van der Waals surface area (Å²) < 4.78 is 11.9. The Kier molecular flexibility index (Phi) is 5.15. The number of ether oxygens (including phenoxy) is 1. The summed E-state index contributed by atoms with van der Waals surface area (Å²) in [6.45, 7) is 2.74. The smallest absolute Gasteiger partial charge is 0.241 e. The number of aromatic nitrogens is 3. The predicted octanol–water partition coefficient (Wildman–Crippen LogP) is 5.43. The second-order valence-electron chi connectivity index (χ2n) is 7.35. The van der Waals surface area contributed by atoms with Crippen molar-refractivity contribution in [3.05, 3.63) is 51.8 Å². The molecule has 0 spiro atoms. The molecule has 6 nitrogen and oxygen atoms in total. The Morgan fingerprint density at radius 1 is 1.31 bits per heavy atom. The van der Waals surface area contributed by atoms with E-state index >= 15 is 0 Å². The SMILES string of the molecule is COc1ccc2[nH]cc(C3CCN(Cc4nc(-c5cc(Br)cs5)no4)CC3)c2c1. The molecule has 8 heteroatoms. The van der Waals surface area contributed by atoms with E-state index < -0.39 is 0 Å². The lowest BCUT2D eigenvalue weighted by molar-refractivity contribution is 0.181. The van der Waals surface area contributed by atoms with Crippen molar-refractivity contribution in [2.75, 3.05) is 20.2 Å². The summed E-state index contributed by atoms with van der Waals surface area (Å²) in [6, 6.07) is 8.24. The number of nitrogens with zero attached hydrogens (tertiary/aromatic N) is 3. The quantitative estimate of drug-likeness (QED) is 0.419. The van der Waals surface area contributed by atoms with Crippen molar-refractivity contribution < 1.29 is 9.26 Å². The van der Waals surface area contributed by atoms with Gasteiger partial charge in [-0.3, -0.25) is 4.90 Å². The summed E-state index contributed by atoms with van der Waals surface area (Å²) in [5, 5.41) is 7.43. The van der Waals surface area contributed by atoms with Gasteiger partial charge in [-0.2, -0.15) is 4.98 Å². The van der Waals surface area contributed by atoms with Crippen LogP contribution in [0.2, 0.25) is 0 Å². The number of piperidine rings is 1. The van der Waals surface area contributed by atoms with Crippen molar-refractivity contribution in [2.24, 2.45) is 0 Å². The lowest BCUT2D eigenvalue weighted by Gasteiger charge is -2.30. The molecule has 1 N–H and O–H groups in total. The molecule has 1 aliphatic heterocycles. The van der Waals surface area contributed by atoms with E-state index in [1.54, 1.807) is 18.4 Å². The number of hydrogen-bond donors (Lipinski definition) is 1. The average molecular weight is 473 g/mol. The fourth-order valence-electron chi connectivity index (χ4n) is 4.03. The van der Waals surface area contributed by atoms with Crippen LogP contribution in [0.4, 0.5) is 0 Å². The number of H-pyrrole nitrogens is 1. The lowest BCUT2D eigenvalue weighted by atomic mass is 9.89. The standard InChI is InChI=1S/C21H21BrN4O2S/c1-27-15-2-3-18-16(9-15)17(10-23-18)13-4-6-26(7-5-13)11-20-24-21(25-28-20)19-8-14(22)12-29-19/h2-3,8-10,12-13,23H,4-7,11H2,1H3. The summed E-state index contributed by atoms with van der Waals surface area (Å²) in [5.74, 6) is 2.80. The Morgan fingerprint density at radius 2 is 2.17 bits per heavy atom. The first-order valence-corrected chi connectivity index (χ1v) is 11.3. The molecule has 0 unspecified atom stereocenters. The monoisotopic (exact) mass is 472 g/mol. The molecule has 0 amide bonds. The summed E-state index contributed by atoms with van der Waals surface area (Å²) in [6.07, 6.45) is 4.39. The first kappa shape index (κ1) is 18.8. The molecule has 1 aromatic carbocycles. The number of nitrogens with one attached hydrogen (secondary N) is 1. The lowest BCUT2D eigenvalue weighted by Crippen LogP contribution is -2.32. The van der Waals surface area contributed by atoms with Crippen LogP contribution in [0.3, 0.4) is 0 Å². The number of rotatable bonds is 5. The van der Waals surface area contributed by atoms with Crippen LogP contribution in [0.1, 0.15) is 30.2 Å². The van der Waals surface area contributed by atoms with E-state index in [-0.39, 0.29) is 0 Å². The summed E-state index contributed by atoms with van der Waals surface area (Å²) >= 11 is 5.07. The summed E-state index contributed by atoms with van der Waals surface area (Å²) in [5.41, 5.74) is 2.56. The van der Waals surface area contributed by atoms with Gasteiger partial charge in [0.25, 0.3) is 0 Å². The molecule has 0 radical (unpaired) electrons. The first-order chi connectivity index (χ1) is 14.2. The maximum absolute atomic E-state index is 5.48. The van der Waals surface area contributed by atoms with Gasteiger partial charge in [-0.1, -0.05) is 5.16 Å². The third kappa shape index (κ3) is 3.84. The molecular weight excluding hydrogens is 452 g/mol. The number of fused-ring (bicyclic) bond motifs is 1. The maximum atomic E-state index is 5.48. The Hall–Kier alpha value is -2.16. The number of thiophene rings is 1. The number of aromatic amines is 1. The first-order valence-electron chi connectivity index (χ1n) is 9.64. The van der Waals surface area contributed by atoms with E-state index in [2.05, 4.69) is 54.3 Å². The third-order valence-corrected chi connectivity index (χ3v) is 7.25. The van der Waals surface area contributed by atoms with E-state index in [0.29, 0.717) is 24.2 Å². The van der Waals surface area contributed by atoms with Crippen LogP contribution in [0, 0.1) is 0 Å². The molecule has 29 heavy (non-hydrogen) atoms. The van der Waals surface area contributed by atoms with Gasteiger partial charge in [0.2, 0.25) is 11.7 Å². The third-order valence-electron chi connectivity index (χ3n) is 5.56. The van der Waals surface area contributed by atoms with E-state index in [1.807, 2.05) is 17.5 Å². The molecule has 0 bridgehead atoms. The summed E-state index contributed by atoms with van der Waals surface area (Å²) in [4.78, 5) is 11.4. The van der Waals surface area contributed by atoms with Crippen LogP contribution in [-0.4, -0.2) is 40.2 Å². The Bertz CT molecular complexity index is 1130. The highest BCUT2D eigenvalue weighted by molar-refractivity contribution is 9.10. The molecule has 4 heterocycles.